The summed E-state index contributed by atoms with van der Waals surface area (Å²) >= 11 is 0. The predicted molar refractivity (Wildman–Crippen MR) is 66.8 cm³/mol. The number of carbonyl (C=O) groups excluding carboxylic acids is 1. The summed E-state index contributed by atoms with van der Waals surface area (Å²) in [5.74, 6) is -2.22. The molecule has 1 fully saturated rings. The first-order chi connectivity index (χ1) is 9.15. The molecule has 0 saturated carbocycles. The Morgan fingerprint density at radius 1 is 1.37 bits per heavy atom. The van der Waals surface area contributed by atoms with Crippen molar-refractivity contribution in [2.24, 2.45) is 0 Å². The zero-order valence-electron chi connectivity index (χ0n) is 10.4. The molecule has 1 atom stereocenters. The first-order valence-electron chi connectivity index (χ1n) is 6.22. The van der Waals surface area contributed by atoms with E-state index in [0.29, 0.717) is 6.54 Å². The van der Waals surface area contributed by atoms with E-state index in [1.165, 1.54) is 6.07 Å². The highest BCUT2D eigenvalue weighted by Gasteiger charge is 2.15. The van der Waals surface area contributed by atoms with E-state index in [-0.39, 0.29) is 24.2 Å². The summed E-state index contributed by atoms with van der Waals surface area (Å²) in [6.07, 6.45) is 2.21. The van der Waals surface area contributed by atoms with Gasteiger partial charge in [0.15, 0.2) is 11.6 Å². The van der Waals surface area contributed by atoms with Gasteiger partial charge >= 0.3 is 0 Å². The lowest BCUT2D eigenvalue weighted by atomic mass is 10.2. The van der Waals surface area contributed by atoms with E-state index in [2.05, 4.69) is 10.6 Å². The number of ether oxygens (including phenoxy) is 1. The highest BCUT2D eigenvalue weighted by molar-refractivity contribution is 5.92. The van der Waals surface area contributed by atoms with Gasteiger partial charge in [0, 0.05) is 24.9 Å². The Kier molecular flexibility index (Phi) is 4.81. The quantitative estimate of drug-likeness (QED) is 0.855. The summed E-state index contributed by atoms with van der Waals surface area (Å²) in [6.45, 7) is 1.50. The number of benzene rings is 1. The average molecular weight is 270 g/mol. The van der Waals surface area contributed by atoms with Crippen LogP contribution in [0.15, 0.2) is 18.2 Å². The molecule has 0 aliphatic carbocycles. The molecule has 104 valence electrons. The Morgan fingerprint density at radius 3 is 2.89 bits per heavy atom. The lowest BCUT2D eigenvalue weighted by molar-refractivity contribution is -0.115. The Labute approximate surface area is 110 Å². The van der Waals surface area contributed by atoms with Gasteiger partial charge in [-0.1, -0.05) is 0 Å². The van der Waals surface area contributed by atoms with Gasteiger partial charge in [-0.3, -0.25) is 4.79 Å². The smallest absolute Gasteiger partial charge is 0.238 e. The van der Waals surface area contributed by atoms with Gasteiger partial charge in [0.2, 0.25) is 5.91 Å². The third kappa shape index (κ3) is 4.25. The van der Waals surface area contributed by atoms with E-state index in [4.69, 9.17) is 4.74 Å². The zero-order valence-corrected chi connectivity index (χ0v) is 10.4. The van der Waals surface area contributed by atoms with Gasteiger partial charge in [0.05, 0.1) is 12.6 Å². The monoisotopic (exact) mass is 270 g/mol. The van der Waals surface area contributed by atoms with Gasteiger partial charge in [-0.15, -0.1) is 0 Å². The van der Waals surface area contributed by atoms with Crippen LogP contribution >= 0.6 is 0 Å². The highest BCUT2D eigenvalue weighted by atomic mass is 19.2. The molecular formula is C13H16F2N2O2. The molecule has 1 saturated heterocycles. The minimum absolute atomic E-state index is 0.110. The number of rotatable bonds is 5. The molecule has 0 aromatic heterocycles. The van der Waals surface area contributed by atoms with Crippen LogP contribution in [0.1, 0.15) is 12.8 Å². The lowest BCUT2D eigenvalue weighted by Gasteiger charge is -2.11. The van der Waals surface area contributed by atoms with Crippen molar-refractivity contribution in [1.82, 2.24) is 5.32 Å². The molecule has 1 aromatic carbocycles. The summed E-state index contributed by atoms with van der Waals surface area (Å²) in [6, 6.07) is 3.24. The van der Waals surface area contributed by atoms with Gasteiger partial charge in [0.25, 0.3) is 0 Å². The van der Waals surface area contributed by atoms with Crippen LogP contribution in [0.3, 0.4) is 0 Å². The van der Waals surface area contributed by atoms with E-state index in [9.17, 15) is 13.6 Å². The average Bonchev–Trinajstić information content (AvgIpc) is 2.87. The van der Waals surface area contributed by atoms with Crippen LogP contribution in [0, 0.1) is 11.6 Å². The molecule has 0 spiro atoms. The number of anilines is 1. The number of halogens is 2. The SMILES string of the molecule is O=C(CNCC1CCCO1)Nc1ccc(F)c(F)c1. The maximum Gasteiger partial charge on any atom is 0.238 e. The molecule has 6 heteroatoms. The molecule has 1 aliphatic rings. The third-order valence-corrected chi connectivity index (χ3v) is 2.88. The second-order valence-electron chi connectivity index (χ2n) is 4.44. The molecule has 4 nitrogen and oxygen atoms in total. The molecule has 2 rings (SSSR count). The van der Waals surface area contributed by atoms with E-state index < -0.39 is 11.6 Å². The van der Waals surface area contributed by atoms with Gasteiger partial charge in [-0.25, -0.2) is 8.78 Å². The van der Waals surface area contributed by atoms with E-state index in [0.717, 1.165) is 31.6 Å². The maximum absolute atomic E-state index is 12.9. The first kappa shape index (κ1) is 13.9. The van der Waals surface area contributed by atoms with E-state index in [1.807, 2.05) is 0 Å². The Balaban J connectivity index is 1.72. The Bertz CT molecular complexity index is 448. The van der Waals surface area contributed by atoms with Gasteiger partial charge in [-0.05, 0) is 25.0 Å². The van der Waals surface area contributed by atoms with Crippen LogP contribution in [0.4, 0.5) is 14.5 Å². The standard InChI is InChI=1S/C13H16F2N2O2/c14-11-4-3-9(6-12(11)15)17-13(18)8-16-7-10-2-1-5-19-10/h3-4,6,10,16H,1-2,5,7-8H2,(H,17,18). The molecule has 1 aromatic rings. The molecule has 1 heterocycles. The van der Waals surface area contributed by atoms with Crippen molar-refractivity contribution < 1.29 is 18.3 Å². The topological polar surface area (TPSA) is 50.4 Å². The molecule has 0 radical (unpaired) electrons. The zero-order chi connectivity index (χ0) is 13.7. The Hall–Kier alpha value is -1.53. The Morgan fingerprint density at radius 2 is 2.21 bits per heavy atom. The fourth-order valence-corrected chi connectivity index (χ4v) is 1.93. The molecule has 0 bridgehead atoms. The second-order valence-corrected chi connectivity index (χ2v) is 4.44. The van der Waals surface area contributed by atoms with Crippen molar-refractivity contribution >= 4 is 11.6 Å². The van der Waals surface area contributed by atoms with Gasteiger partial charge in [0.1, 0.15) is 0 Å². The van der Waals surface area contributed by atoms with E-state index >= 15 is 0 Å². The van der Waals surface area contributed by atoms with Gasteiger partial charge in [-0.2, -0.15) is 0 Å². The van der Waals surface area contributed by atoms with Crippen molar-refractivity contribution in [3.63, 3.8) is 0 Å². The summed E-state index contributed by atoms with van der Waals surface area (Å²) in [4.78, 5) is 11.6. The molecule has 2 N–H and O–H groups in total. The molecule has 1 aliphatic heterocycles. The lowest BCUT2D eigenvalue weighted by Crippen LogP contribution is -2.33. The molecule has 19 heavy (non-hydrogen) atoms. The highest BCUT2D eigenvalue weighted by Crippen LogP contribution is 2.13. The second kappa shape index (κ2) is 6.58. The summed E-state index contributed by atoms with van der Waals surface area (Å²) in [5.41, 5.74) is 0.239. The molecular weight excluding hydrogens is 254 g/mol. The van der Waals surface area contributed by atoms with Crippen LogP contribution in [0.5, 0.6) is 0 Å². The van der Waals surface area contributed by atoms with Gasteiger partial charge < -0.3 is 15.4 Å². The van der Waals surface area contributed by atoms with Crippen molar-refractivity contribution in [2.45, 2.75) is 18.9 Å². The molecule has 1 amide bonds. The number of hydrogen-bond donors (Lipinski definition) is 2. The van der Waals surface area contributed by atoms with Crippen LogP contribution in [0.2, 0.25) is 0 Å². The van der Waals surface area contributed by atoms with Crippen LogP contribution in [-0.4, -0.2) is 31.7 Å². The van der Waals surface area contributed by atoms with Crippen molar-refractivity contribution in [3.8, 4) is 0 Å². The van der Waals surface area contributed by atoms with Crippen LogP contribution in [0.25, 0.3) is 0 Å². The van der Waals surface area contributed by atoms with E-state index in [1.54, 1.807) is 0 Å². The fourth-order valence-electron chi connectivity index (χ4n) is 1.93. The minimum Gasteiger partial charge on any atom is -0.377 e. The van der Waals surface area contributed by atoms with Crippen LogP contribution in [-0.2, 0) is 9.53 Å². The number of amides is 1. The number of carbonyl (C=O) groups is 1. The maximum atomic E-state index is 12.9. The van der Waals surface area contributed by atoms with Crippen molar-refractivity contribution in [3.05, 3.63) is 29.8 Å². The first-order valence-corrected chi connectivity index (χ1v) is 6.22. The number of hydrogen-bond acceptors (Lipinski definition) is 3. The summed E-state index contributed by atoms with van der Waals surface area (Å²) in [5, 5.41) is 5.45. The molecule has 1 unspecified atom stereocenters. The fraction of sp³-hybridized carbons (Fsp3) is 0.462. The van der Waals surface area contributed by atoms with Crippen LogP contribution < -0.4 is 10.6 Å². The number of nitrogens with one attached hydrogen (secondary N) is 2. The predicted octanol–water partition coefficient (Wildman–Crippen LogP) is 1.67. The third-order valence-electron chi connectivity index (χ3n) is 2.88. The summed E-state index contributed by atoms with van der Waals surface area (Å²) in [7, 11) is 0. The summed E-state index contributed by atoms with van der Waals surface area (Å²) < 4.78 is 31.0. The van der Waals surface area contributed by atoms with Crippen molar-refractivity contribution in [2.75, 3.05) is 25.0 Å². The largest absolute Gasteiger partial charge is 0.377 e. The van der Waals surface area contributed by atoms with Crippen molar-refractivity contribution in [1.29, 1.82) is 0 Å². The normalized spacial score (nSPS) is 18.5. The minimum atomic E-state index is -0.981.